The summed E-state index contributed by atoms with van der Waals surface area (Å²) in [5.74, 6) is 1.88. The van der Waals surface area contributed by atoms with Gasteiger partial charge < -0.3 is 0 Å². The summed E-state index contributed by atoms with van der Waals surface area (Å²) in [6, 6.07) is 56.9. The summed E-state index contributed by atoms with van der Waals surface area (Å²) in [5, 5.41) is 7.49. The lowest BCUT2D eigenvalue weighted by molar-refractivity contribution is 1.07. The van der Waals surface area contributed by atoms with Gasteiger partial charge in [-0.05, 0) is 79.8 Å². The third-order valence-electron chi connectivity index (χ3n) is 8.93. The molecular weight excluding hydrogens is 585 g/mol. The maximum Gasteiger partial charge on any atom is 0.164 e. The molecule has 4 heteroatoms. The lowest BCUT2D eigenvalue weighted by Crippen LogP contribution is -2.00. The normalized spacial score (nSPS) is 11.3. The average Bonchev–Trinajstić information content (AvgIpc) is 3.18. The lowest BCUT2D eigenvalue weighted by Gasteiger charge is -2.14. The molecule has 2 heterocycles. The highest BCUT2D eigenvalue weighted by atomic mass is 15.0. The monoisotopic (exact) mass is 612 g/mol. The molecule has 0 radical (unpaired) electrons. The Morgan fingerprint density at radius 1 is 0.271 bits per heavy atom. The van der Waals surface area contributed by atoms with Gasteiger partial charge in [-0.25, -0.2) is 15.0 Å². The molecule has 224 valence electrons. The Hall–Kier alpha value is -6.52. The maximum absolute atomic E-state index is 5.05. The van der Waals surface area contributed by atoms with E-state index in [0.717, 1.165) is 39.1 Å². The molecule has 7 aromatic carbocycles. The van der Waals surface area contributed by atoms with Gasteiger partial charge in [0.1, 0.15) is 0 Å². The second kappa shape index (κ2) is 11.7. The van der Waals surface area contributed by atoms with E-state index in [4.69, 9.17) is 19.9 Å². The van der Waals surface area contributed by atoms with Crippen molar-refractivity contribution in [2.45, 2.75) is 0 Å². The molecule has 0 bridgehead atoms. The molecule has 9 aromatic rings. The smallest absolute Gasteiger partial charge is 0.164 e. The number of benzene rings is 7. The highest BCUT2D eigenvalue weighted by molar-refractivity contribution is 6.25. The van der Waals surface area contributed by atoms with Gasteiger partial charge in [0.2, 0.25) is 0 Å². The molecule has 48 heavy (non-hydrogen) atoms. The molecule has 0 saturated carbocycles. The van der Waals surface area contributed by atoms with Crippen LogP contribution >= 0.6 is 0 Å². The quantitative estimate of drug-likeness (QED) is 0.181. The molecular formula is C44H28N4. The molecule has 4 nitrogen and oxygen atoms in total. The van der Waals surface area contributed by atoms with E-state index in [0.29, 0.717) is 17.5 Å². The molecule has 0 aliphatic heterocycles. The van der Waals surface area contributed by atoms with Crippen molar-refractivity contribution in [3.8, 4) is 56.5 Å². The highest BCUT2D eigenvalue weighted by Crippen LogP contribution is 2.39. The Morgan fingerprint density at radius 3 is 1.29 bits per heavy atom. The molecule has 2 aromatic heterocycles. The van der Waals surface area contributed by atoms with E-state index < -0.39 is 0 Å². The largest absolute Gasteiger partial charge is 0.256 e. The molecule has 0 unspecified atom stereocenters. The summed E-state index contributed by atoms with van der Waals surface area (Å²) < 4.78 is 0. The van der Waals surface area contributed by atoms with Gasteiger partial charge in [-0.2, -0.15) is 0 Å². The standard InChI is InChI=1S/C44H28N4/c1-3-13-29(14-4-1)42-46-43(30-15-5-2-6-16-30)48-44(47-42)34-26-32(25-33(27-34)41-21-11-12-24-45-41)31-22-23-39-37-19-8-7-17-35(37)36-18-9-10-20-38(36)40(39)28-31/h1-28H. The van der Waals surface area contributed by atoms with Crippen LogP contribution in [0, 0.1) is 0 Å². The van der Waals surface area contributed by atoms with Crippen LogP contribution in [0.25, 0.3) is 88.9 Å². The lowest BCUT2D eigenvalue weighted by atomic mass is 9.91. The van der Waals surface area contributed by atoms with Crippen molar-refractivity contribution < 1.29 is 0 Å². The molecule has 0 amide bonds. The molecule has 0 atom stereocenters. The first-order valence-corrected chi connectivity index (χ1v) is 16.1. The van der Waals surface area contributed by atoms with E-state index in [1.807, 2.05) is 85.1 Å². The zero-order chi connectivity index (χ0) is 31.9. The topological polar surface area (TPSA) is 51.6 Å². The maximum atomic E-state index is 5.05. The summed E-state index contributed by atoms with van der Waals surface area (Å²) in [5.41, 5.74) is 6.83. The Bertz CT molecular complexity index is 2510. The summed E-state index contributed by atoms with van der Waals surface area (Å²) in [6.07, 6.45) is 1.83. The van der Waals surface area contributed by atoms with Crippen LogP contribution in [0.1, 0.15) is 0 Å². The number of hydrogen-bond acceptors (Lipinski definition) is 4. The van der Waals surface area contributed by atoms with Crippen molar-refractivity contribution in [2.24, 2.45) is 0 Å². The van der Waals surface area contributed by atoms with Crippen molar-refractivity contribution in [1.29, 1.82) is 0 Å². The van der Waals surface area contributed by atoms with Crippen molar-refractivity contribution in [2.75, 3.05) is 0 Å². The number of fused-ring (bicyclic) bond motifs is 6. The van der Waals surface area contributed by atoms with Gasteiger partial charge in [-0.3, -0.25) is 4.98 Å². The van der Waals surface area contributed by atoms with Crippen LogP contribution in [0.15, 0.2) is 170 Å². The Kier molecular flexibility index (Phi) is 6.76. The second-order valence-electron chi connectivity index (χ2n) is 11.9. The molecule has 9 rings (SSSR count). The van der Waals surface area contributed by atoms with Gasteiger partial charge in [0.25, 0.3) is 0 Å². The number of rotatable bonds is 5. The van der Waals surface area contributed by atoms with Gasteiger partial charge in [-0.1, -0.05) is 127 Å². The predicted octanol–water partition coefficient (Wildman–Crippen LogP) is 11.1. The third kappa shape index (κ3) is 4.97. The van der Waals surface area contributed by atoms with Gasteiger partial charge in [0.05, 0.1) is 5.69 Å². The number of nitrogens with zero attached hydrogens (tertiary/aromatic N) is 4. The summed E-state index contributed by atoms with van der Waals surface area (Å²) in [6.45, 7) is 0. The van der Waals surface area contributed by atoms with Crippen LogP contribution in [-0.4, -0.2) is 19.9 Å². The SMILES string of the molecule is c1ccc(-c2nc(-c3ccccc3)nc(-c3cc(-c4ccc5c6ccccc6c6ccccc6c5c4)cc(-c4ccccn4)c3)n2)cc1. The van der Waals surface area contributed by atoms with Crippen LogP contribution in [0.4, 0.5) is 0 Å². The van der Waals surface area contributed by atoms with E-state index in [1.54, 1.807) is 0 Å². The van der Waals surface area contributed by atoms with Gasteiger partial charge in [0.15, 0.2) is 17.5 Å². The van der Waals surface area contributed by atoms with Crippen LogP contribution < -0.4 is 0 Å². The van der Waals surface area contributed by atoms with E-state index in [9.17, 15) is 0 Å². The molecule has 0 aliphatic rings. The van der Waals surface area contributed by atoms with Gasteiger partial charge in [0, 0.05) is 28.5 Å². The van der Waals surface area contributed by atoms with Crippen LogP contribution in [0.2, 0.25) is 0 Å². The minimum absolute atomic E-state index is 0.610. The first-order chi connectivity index (χ1) is 23.8. The molecule has 0 aliphatic carbocycles. The van der Waals surface area contributed by atoms with Gasteiger partial charge in [-0.15, -0.1) is 0 Å². The van der Waals surface area contributed by atoms with Crippen molar-refractivity contribution >= 4 is 32.3 Å². The van der Waals surface area contributed by atoms with Crippen molar-refractivity contribution in [1.82, 2.24) is 19.9 Å². The molecule has 0 saturated heterocycles. The highest BCUT2D eigenvalue weighted by Gasteiger charge is 2.16. The molecule has 0 fully saturated rings. The predicted molar refractivity (Wildman–Crippen MR) is 197 cm³/mol. The molecule has 0 spiro atoms. The van der Waals surface area contributed by atoms with Crippen LogP contribution in [-0.2, 0) is 0 Å². The van der Waals surface area contributed by atoms with E-state index in [-0.39, 0.29) is 0 Å². The summed E-state index contributed by atoms with van der Waals surface area (Å²) in [7, 11) is 0. The number of hydrogen-bond donors (Lipinski definition) is 0. The Morgan fingerprint density at radius 2 is 0.729 bits per heavy atom. The first kappa shape index (κ1) is 27.8. The zero-order valence-electron chi connectivity index (χ0n) is 26.0. The van der Waals surface area contributed by atoms with Crippen LogP contribution in [0.5, 0.6) is 0 Å². The fraction of sp³-hybridized carbons (Fsp3) is 0. The third-order valence-corrected chi connectivity index (χ3v) is 8.93. The van der Waals surface area contributed by atoms with Crippen molar-refractivity contribution in [3.05, 3.63) is 170 Å². The number of aromatic nitrogens is 4. The van der Waals surface area contributed by atoms with E-state index in [1.165, 1.54) is 32.3 Å². The fourth-order valence-corrected chi connectivity index (χ4v) is 6.63. The summed E-state index contributed by atoms with van der Waals surface area (Å²) >= 11 is 0. The van der Waals surface area contributed by atoms with Crippen LogP contribution in [0.3, 0.4) is 0 Å². The fourth-order valence-electron chi connectivity index (χ4n) is 6.63. The second-order valence-corrected chi connectivity index (χ2v) is 11.9. The minimum atomic E-state index is 0.610. The van der Waals surface area contributed by atoms with E-state index >= 15 is 0 Å². The average molecular weight is 613 g/mol. The van der Waals surface area contributed by atoms with Gasteiger partial charge >= 0.3 is 0 Å². The number of pyridine rings is 1. The van der Waals surface area contributed by atoms with E-state index in [2.05, 4.69) is 84.9 Å². The summed E-state index contributed by atoms with van der Waals surface area (Å²) in [4.78, 5) is 19.7. The Balaban J connectivity index is 1.29. The zero-order valence-corrected chi connectivity index (χ0v) is 26.0. The first-order valence-electron chi connectivity index (χ1n) is 16.1. The molecule has 0 N–H and O–H groups in total. The minimum Gasteiger partial charge on any atom is -0.256 e. The Labute approximate surface area is 278 Å². The van der Waals surface area contributed by atoms with Crippen molar-refractivity contribution in [3.63, 3.8) is 0 Å².